The predicted molar refractivity (Wildman–Crippen MR) is 56.3 cm³/mol. The molecule has 14 heavy (non-hydrogen) atoms. The molecular weight excluding hydrogens is 181 g/mol. The van der Waals surface area contributed by atoms with Crippen LogP contribution >= 0.6 is 0 Å². The van der Waals surface area contributed by atoms with E-state index in [4.69, 9.17) is 4.74 Å². The molecular formula is C11H22FNO. The molecule has 1 saturated heterocycles. The third-order valence-corrected chi connectivity index (χ3v) is 2.87. The van der Waals surface area contributed by atoms with Gasteiger partial charge in [0.2, 0.25) is 0 Å². The van der Waals surface area contributed by atoms with E-state index in [9.17, 15) is 4.39 Å². The molecule has 0 spiro atoms. The van der Waals surface area contributed by atoms with Gasteiger partial charge >= 0.3 is 0 Å². The molecule has 84 valence electrons. The molecule has 0 aliphatic carbocycles. The third-order valence-electron chi connectivity index (χ3n) is 2.87. The van der Waals surface area contributed by atoms with Crippen molar-refractivity contribution in [1.82, 2.24) is 4.90 Å². The lowest BCUT2D eigenvalue weighted by molar-refractivity contribution is 0.0347. The molecule has 1 heterocycles. The molecule has 0 aromatic carbocycles. The van der Waals surface area contributed by atoms with Crippen molar-refractivity contribution in [1.29, 1.82) is 0 Å². The third kappa shape index (κ3) is 3.93. The number of rotatable bonds is 4. The summed E-state index contributed by atoms with van der Waals surface area (Å²) in [6.45, 7) is 6.62. The Balaban J connectivity index is 2.26. The number of hydrogen-bond acceptors (Lipinski definition) is 2. The van der Waals surface area contributed by atoms with Crippen LogP contribution in [0.15, 0.2) is 0 Å². The van der Waals surface area contributed by atoms with Crippen LogP contribution in [0.4, 0.5) is 4.39 Å². The van der Waals surface area contributed by atoms with Gasteiger partial charge in [0.15, 0.2) is 0 Å². The van der Waals surface area contributed by atoms with E-state index in [0.717, 1.165) is 25.9 Å². The average molecular weight is 203 g/mol. The Bertz CT molecular complexity index is 152. The number of hydrogen-bond donors (Lipinski definition) is 0. The van der Waals surface area contributed by atoms with Crippen molar-refractivity contribution in [3.8, 4) is 0 Å². The van der Waals surface area contributed by atoms with E-state index in [1.54, 1.807) is 0 Å². The highest BCUT2D eigenvalue weighted by molar-refractivity contribution is 4.72. The van der Waals surface area contributed by atoms with Gasteiger partial charge in [0.25, 0.3) is 0 Å². The second-order valence-electron chi connectivity index (χ2n) is 4.24. The van der Waals surface area contributed by atoms with Crippen molar-refractivity contribution in [2.45, 2.75) is 45.3 Å². The van der Waals surface area contributed by atoms with Crippen molar-refractivity contribution >= 4 is 0 Å². The molecule has 0 N–H and O–H groups in total. The summed E-state index contributed by atoms with van der Waals surface area (Å²) in [5.41, 5.74) is 0. The standard InChI is InChI=1S/C11H22FNO/c1-10(2)13-7-3-4-11(5-8-13)14-9-6-12/h10-11H,3-9H2,1-2H3. The normalized spacial score (nSPS) is 25.3. The van der Waals surface area contributed by atoms with E-state index in [2.05, 4.69) is 18.7 Å². The van der Waals surface area contributed by atoms with E-state index < -0.39 is 0 Å². The van der Waals surface area contributed by atoms with E-state index in [0.29, 0.717) is 6.04 Å². The summed E-state index contributed by atoms with van der Waals surface area (Å²) in [7, 11) is 0. The summed E-state index contributed by atoms with van der Waals surface area (Å²) in [6.07, 6.45) is 3.60. The number of nitrogens with zero attached hydrogens (tertiary/aromatic N) is 1. The molecule has 0 radical (unpaired) electrons. The zero-order valence-electron chi connectivity index (χ0n) is 9.34. The maximum atomic E-state index is 11.9. The van der Waals surface area contributed by atoms with Crippen molar-refractivity contribution in [2.75, 3.05) is 26.4 Å². The molecule has 1 atom stereocenters. The second kappa shape index (κ2) is 6.36. The van der Waals surface area contributed by atoms with Crippen molar-refractivity contribution < 1.29 is 9.13 Å². The summed E-state index contributed by atoms with van der Waals surface area (Å²) in [5.74, 6) is 0. The minimum atomic E-state index is -0.357. The topological polar surface area (TPSA) is 12.5 Å². The first-order chi connectivity index (χ1) is 6.74. The first-order valence-corrected chi connectivity index (χ1v) is 5.65. The molecule has 2 nitrogen and oxygen atoms in total. The Morgan fingerprint density at radius 1 is 1.36 bits per heavy atom. The predicted octanol–water partition coefficient (Wildman–Crippen LogP) is 2.24. The molecule has 1 rings (SSSR count). The highest BCUT2D eigenvalue weighted by atomic mass is 19.1. The number of alkyl halides is 1. The smallest absolute Gasteiger partial charge is 0.113 e. The lowest BCUT2D eigenvalue weighted by Crippen LogP contribution is -2.32. The number of halogens is 1. The summed E-state index contributed by atoms with van der Waals surface area (Å²) in [4.78, 5) is 2.47. The average Bonchev–Trinajstić information content (AvgIpc) is 2.39. The zero-order chi connectivity index (χ0) is 10.4. The highest BCUT2D eigenvalue weighted by Gasteiger charge is 2.18. The molecule has 1 fully saturated rings. The summed E-state index contributed by atoms with van der Waals surface area (Å²) >= 11 is 0. The maximum Gasteiger partial charge on any atom is 0.113 e. The van der Waals surface area contributed by atoms with E-state index in [1.807, 2.05) is 0 Å². The van der Waals surface area contributed by atoms with Gasteiger partial charge in [0.05, 0.1) is 12.7 Å². The lowest BCUT2D eigenvalue weighted by atomic mass is 10.2. The van der Waals surface area contributed by atoms with Crippen LogP contribution in [0.2, 0.25) is 0 Å². The summed E-state index contributed by atoms with van der Waals surface area (Å²) < 4.78 is 17.4. The van der Waals surface area contributed by atoms with Gasteiger partial charge in [0, 0.05) is 12.6 Å². The van der Waals surface area contributed by atoms with Gasteiger partial charge in [-0.25, -0.2) is 4.39 Å². The fourth-order valence-electron chi connectivity index (χ4n) is 1.98. The minimum Gasteiger partial charge on any atom is -0.375 e. The number of likely N-dealkylation sites (tertiary alicyclic amines) is 1. The van der Waals surface area contributed by atoms with Gasteiger partial charge in [-0.05, 0) is 39.7 Å². The minimum absolute atomic E-state index is 0.270. The van der Waals surface area contributed by atoms with Crippen LogP contribution in [0.1, 0.15) is 33.1 Å². The van der Waals surface area contributed by atoms with Gasteiger partial charge in [-0.1, -0.05) is 0 Å². The second-order valence-corrected chi connectivity index (χ2v) is 4.24. The SMILES string of the molecule is CC(C)N1CCCC(OCCF)CC1. The molecule has 1 unspecified atom stereocenters. The van der Waals surface area contributed by atoms with Crippen molar-refractivity contribution in [3.63, 3.8) is 0 Å². The summed E-state index contributed by atoms with van der Waals surface area (Å²) in [5, 5.41) is 0. The van der Waals surface area contributed by atoms with Crippen LogP contribution in [0.25, 0.3) is 0 Å². The van der Waals surface area contributed by atoms with Crippen LogP contribution in [-0.4, -0.2) is 43.4 Å². The van der Waals surface area contributed by atoms with E-state index in [-0.39, 0.29) is 19.4 Å². The van der Waals surface area contributed by atoms with Gasteiger partial charge in [-0.3, -0.25) is 0 Å². The van der Waals surface area contributed by atoms with Crippen LogP contribution < -0.4 is 0 Å². The Labute approximate surface area is 86.4 Å². The largest absolute Gasteiger partial charge is 0.375 e. The lowest BCUT2D eigenvalue weighted by Gasteiger charge is -2.24. The first-order valence-electron chi connectivity index (χ1n) is 5.65. The Kier molecular flexibility index (Phi) is 5.41. The van der Waals surface area contributed by atoms with Gasteiger partial charge < -0.3 is 9.64 Å². The van der Waals surface area contributed by atoms with E-state index >= 15 is 0 Å². The molecule has 3 heteroatoms. The number of ether oxygens (including phenoxy) is 1. The fraction of sp³-hybridized carbons (Fsp3) is 1.00. The quantitative estimate of drug-likeness (QED) is 0.694. The van der Waals surface area contributed by atoms with Crippen LogP contribution in [0, 0.1) is 0 Å². The monoisotopic (exact) mass is 203 g/mol. The summed E-state index contributed by atoms with van der Waals surface area (Å²) in [6, 6.07) is 0.620. The Morgan fingerprint density at radius 2 is 2.14 bits per heavy atom. The molecule has 1 aliphatic rings. The Morgan fingerprint density at radius 3 is 2.79 bits per heavy atom. The van der Waals surface area contributed by atoms with Gasteiger partial charge in [-0.2, -0.15) is 0 Å². The molecule has 0 bridgehead atoms. The molecule has 1 aliphatic heterocycles. The van der Waals surface area contributed by atoms with Gasteiger partial charge in [-0.15, -0.1) is 0 Å². The maximum absolute atomic E-state index is 11.9. The first kappa shape index (κ1) is 11.9. The molecule has 0 aromatic heterocycles. The van der Waals surface area contributed by atoms with E-state index in [1.165, 1.54) is 6.42 Å². The molecule has 0 aromatic rings. The Hall–Kier alpha value is -0.150. The zero-order valence-corrected chi connectivity index (χ0v) is 9.34. The van der Waals surface area contributed by atoms with Crippen molar-refractivity contribution in [3.05, 3.63) is 0 Å². The van der Waals surface area contributed by atoms with Crippen LogP contribution in [-0.2, 0) is 4.74 Å². The fourth-order valence-corrected chi connectivity index (χ4v) is 1.98. The van der Waals surface area contributed by atoms with Crippen LogP contribution in [0.5, 0.6) is 0 Å². The molecule has 0 saturated carbocycles. The van der Waals surface area contributed by atoms with Gasteiger partial charge in [0.1, 0.15) is 6.67 Å². The molecule has 0 amide bonds. The van der Waals surface area contributed by atoms with Crippen molar-refractivity contribution in [2.24, 2.45) is 0 Å². The highest BCUT2D eigenvalue weighted by Crippen LogP contribution is 2.15. The van der Waals surface area contributed by atoms with Crippen LogP contribution in [0.3, 0.4) is 0 Å².